The Hall–Kier alpha value is -1.40. The molecule has 6 nitrogen and oxygen atoms in total. The van der Waals surface area contributed by atoms with E-state index in [0.29, 0.717) is 24.9 Å². The summed E-state index contributed by atoms with van der Waals surface area (Å²) in [7, 11) is 1.66. The van der Waals surface area contributed by atoms with Gasteiger partial charge in [-0.15, -0.1) is 0 Å². The minimum atomic E-state index is 0.0320. The highest BCUT2D eigenvalue weighted by Gasteiger charge is 2.24. The Balaban J connectivity index is 1.90. The highest BCUT2D eigenvalue weighted by molar-refractivity contribution is 5.92. The molecule has 2 rings (SSSR count). The smallest absolute Gasteiger partial charge is 0.274 e. The Morgan fingerprint density at radius 3 is 2.65 bits per heavy atom. The largest absolute Gasteiger partial charge is 0.383 e. The minimum absolute atomic E-state index is 0.0320. The van der Waals surface area contributed by atoms with E-state index in [1.165, 1.54) is 0 Å². The van der Waals surface area contributed by atoms with Gasteiger partial charge in [0, 0.05) is 45.5 Å². The predicted octanol–water partition coefficient (Wildman–Crippen LogP) is 0.696. The van der Waals surface area contributed by atoms with Crippen molar-refractivity contribution in [2.75, 3.05) is 39.9 Å². The van der Waals surface area contributed by atoms with E-state index in [0.717, 1.165) is 26.2 Å². The van der Waals surface area contributed by atoms with Crippen molar-refractivity contribution in [1.82, 2.24) is 19.6 Å². The monoisotopic (exact) mass is 280 g/mol. The average Bonchev–Trinajstić information content (AvgIpc) is 2.93. The fourth-order valence-corrected chi connectivity index (χ4v) is 2.39. The van der Waals surface area contributed by atoms with Crippen LogP contribution in [0.15, 0.2) is 12.3 Å². The molecule has 0 spiro atoms. The van der Waals surface area contributed by atoms with Crippen LogP contribution in [0.1, 0.15) is 24.3 Å². The Labute approximate surface area is 120 Å². The van der Waals surface area contributed by atoms with Crippen LogP contribution in [-0.2, 0) is 11.3 Å². The van der Waals surface area contributed by atoms with Gasteiger partial charge in [-0.3, -0.25) is 14.4 Å². The zero-order valence-corrected chi connectivity index (χ0v) is 12.6. The van der Waals surface area contributed by atoms with Gasteiger partial charge in [0.15, 0.2) is 0 Å². The quantitative estimate of drug-likeness (QED) is 0.796. The molecule has 1 saturated heterocycles. The van der Waals surface area contributed by atoms with Gasteiger partial charge < -0.3 is 9.64 Å². The number of hydrogen-bond donors (Lipinski definition) is 0. The van der Waals surface area contributed by atoms with E-state index in [4.69, 9.17) is 4.74 Å². The molecule has 0 bridgehead atoms. The SMILES string of the molecule is COCCn1ccc(C(=O)N2CCN(C(C)C)CC2)n1. The first kappa shape index (κ1) is 15.0. The summed E-state index contributed by atoms with van der Waals surface area (Å²) in [5, 5.41) is 4.31. The van der Waals surface area contributed by atoms with E-state index in [2.05, 4.69) is 23.8 Å². The van der Waals surface area contributed by atoms with Gasteiger partial charge in [-0.05, 0) is 19.9 Å². The molecular weight excluding hydrogens is 256 g/mol. The maximum Gasteiger partial charge on any atom is 0.274 e. The standard InChI is InChI=1S/C14H24N4O2/c1-12(2)16-6-8-17(9-7-16)14(19)13-4-5-18(15-13)10-11-20-3/h4-5,12H,6-11H2,1-3H3. The second kappa shape index (κ2) is 6.85. The second-order valence-electron chi connectivity index (χ2n) is 5.38. The van der Waals surface area contributed by atoms with Crippen LogP contribution >= 0.6 is 0 Å². The van der Waals surface area contributed by atoms with Crippen LogP contribution in [0, 0.1) is 0 Å². The van der Waals surface area contributed by atoms with Crippen LogP contribution in [0.2, 0.25) is 0 Å². The molecule has 0 saturated carbocycles. The highest BCUT2D eigenvalue weighted by atomic mass is 16.5. The third-order valence-corrected chi connectivity index (χ3v) is 3.72. The van der Waals surface area contributed by atoms with Crippen molar-refractivity contribution in [2.45, 2.75) is 26.4 Å². The summed E-state index contributed by atoms with van der Waals surface area (Å²) in [6.45, 7) is 9.09. The number of rotatable bonds is 5. The molecule has 1 fully saturated rings. The first-order valence-corrected chi connectivity index (χ1v) is 7.17. The van der Waals surface area contributed by atoms with E-state index < -0.39 is 0 Å². The summed E-state index contributed by atoms with van der Waals surface area (Å²) in [5.74, 6) is 0.0320. The highest BCUT2D eigenvalue weighted by Crippen LogP contribution is 2.09. The van der Waals surface area contributed by atoms with Crippen LogP contribution in [0.4, 0.5) is 0 Å². The molecule has 0 unspecified atom stereocenters. The zero-order valence-electron chi connectivity index (χ0n) is 12.6. The normalized spacial score (nSPS) is 16.9. The molecule has 1 aromatic heterocycles. The molecular formula is C14H24N4O2. The van der Waals surface area contributed by atoms with Crippen molar-refractivity contribution in [1.29, 1.82) is 0 Å². The summed E-state index contributed by atoms with van der Waals surface area (Å²) in [4.78, 5) is 16.6. The van der Waals surface area contributed by atoms with E-state index in [-0.39, 0.29) is 5.91 Å². The third-order valence-electron chi connectivity index (χ3n) is 3.72. The Kier molecular flexibility index (Phi) is 5.14. The second-order valence-corrected chi connectivity index (χ2v) is 5.38. The van der Waals surface area contributed by atoms with Gasteiger partial charge in [0.05, 0.1) is 13.2 Å². The van der Waals surface area contributed by atoms with Gasteiger partial charge in [-0.25, -0.2) is 0 Å². The number of nitrogens with zero attached hydrogens (tertiary/aromatic N) is 4. The van der Waals surface area contributed by atoms with E-state index in [1.54, 1.807) is 17.9 Å². The Bertz CT molecular complexity index is 436. The number of aromatic nitrogens is 2. The molecule has 0 radical (unpaired) electrons. The predicted molar refractivity (Wildman–Crippen MR) is 76.7 cm³/mol. The van der Waals surface area contributed by atoms with Gasteiger partial charge in [0.1, 0.15) is 5.69 Å². The molecule has 0 N–H and O–H groups in total. The third kappa shape index (κ3) is 3.58. The van der Waals surface area contributed by atoms with Crippen LogP contribution < -0.4 is 0 Å². The lowest BCUT2D eigenvalue weighted by molar-refractivity contribution is 0.0588. The zero-order chi connectivity index (χ0) is 14.5. The van der Waals surface area contributed by atoms with Gasteiger partial charge in [0.2, 0.25) is 0 Å². The number of carbonyl (C=O) groups excluding carboxylic acids is 1. The summed E-state index contributed by atoms with van der Waals surface area (Å²) >= 11 is 0. The molecule has 112 valence electrons. The van der Waals surface area contributed by atoms with Crippen molar-refractivity contribution in [3.63, 3.8) is 0 Å². The van der Waals surface area contributed by atoms with Crippen LogP contribution in [0.25, 0.3) is 0 Å². The number of piperazine rings is 1. The van der Waals surface area contributed by atoms with Crippen molar-refractivity contribution in [2.24, 2.45) is 0 Å². The molecule has 2 heterocycles. The number of carbonyl (C=O) groups is 1. The molecule has 1 amide bonds. The first-order chi connectivity index (χ1) is 9.61. The number of methoxy groups -OCH3 is 1. The summed E-state index contributed by atoms with van der Waals surface area (Å²) in [6, 6.07) is 2.33. The number of ether oxygens (including phenoxy) is 1. The summed E-state index contributed by atoms with van der Waals surface area (Å²) in [6.07, 6.45) is 1.83. The van der Waals surface area contributed by atoms with Crippen LogP contribution in [0.3, 0.4) is 0 Å². The lowest BCUT2D eigenvalue weighted by Crippen LogP contribution is -2.50. The van der Waals surface area contributed by atoms with E-state index >= 15 is 0 Å². The van der Waals surface area contributed by atoms with Crippen molar-refractivity contribution in [3.05, 3.63) is 18.0 Å². The lowest BCUT2D eigenvalue weighted by Gasteiger charge is -2.36. The van der Waals surface area contributed by atoms with Gasteiger partial charge in [-0.1, -0.05) is 0 Å². The van der Waals surface area contributed by atoms with E-state index in [1.807, 2.05) is 11.1 Å². The van der Waals surface area contributed by atoms with Gasteiger partial charge in [-0.2, -0.15) is 5.10 Å². The molecule has 0 atom stereocenters. The lowest BCUT2D eigenvalue weighted by atomic mass is 10.2. The topological polar surface area (TPSA) is 50.6 Å². The molecule has 1 aromatic rings. The van der Waals surface area contributed by atoms with Crippen molar-refractivity contribution < 1.29 is 9.53 Å². The molecule has 20 heavy (non-hydrogen) atoms. The average molecular weight is 280 g/mol. The maximum atomic E-state index is 12.4. The minimum Gasteiger partial charge on any atom is -0.383 e. The Morgan fingerprint density at radius 1 is 1.35 bits per heavy atom. The molecule has 6 heteroatoms. The summed E-state index contributed by atoms with van der Waals surface area (Å²) in [5.41, 5.74) is 0.527. The Morgan fingerprint density at radius 2 is 2.05 bits per heavy atom. The molecule has 0 aliphatic carbocycles. The number of hydrogen-bond acceptors (Lipinski definition) is 4. The van der Waals surface area contributed by atoms with Crippen molar-refractivity contribution >= 4 is 5.91 Å². The fraction of sp³-hybridized carbons (Fsp3) is 0.714. The van der Waals surface area contributed by atoms with E-state index in [9.17, 15) is 4.79 Å². The summed E-state index contributed by atoms with van der Waals surface area (Å²) < 4.78 is 6.76. The fourth-order valence-electron chi connectivity index (χ4n) is 2.39. The molecule has 0 aromatic carbocycles. The number of amides is 1. The van der Waals surface area contributed by atoms with Crippen LogP contribution in [-0.4, -0.2) is 71.4 Å². The maximum absolute atomic E-state index is 12.4. The van der Waals surface area contributed by atoms with Gasteiger partial charge >= 0.3 is 0 Å². The first-order valence-electron chi connectivity index (χ1n) is 7.17. The van der Waals surface area contributed by atoms with Crippen LogP contribution in [0.5, 0.6) is 0 Å². The molecule has 1 aliphatic heterocycles. The van der Waals surface area contributed by atoms with Gasteiger partial charge in [0.25, 0.3) is 5.91 Å². The molecule has 1 aliphatic rings. The van der Waals surface area contributed by atoms with Crippen molar-refractivity contribution in [3.8, 4) is 0 Å².